The number of hydrogen-bond acceptors (Lipinski definition) is 6. The van der Waals surface area contributed by atoms with Gasteiger partial charge in [-0.3, -0.25) is 4.79 Å². The molecule has 0 unspecified atom stereocenters. The molecule has 4 nitrogen and oxygen atoms in total. The highest BCUT2D eigenvalue weighted by molar-refractivity contribution is 7.99. The molecule has 4 aliphatic rings. The minimum atomic E-state index is 0.131. The van der Waals surface area contributed by atoms with Gasteiger partial charge in [0.1, 0.15) is 0 Å². The van der Waals surface area contributed by atoms with E-state index in [0.717, 1.165) is 34.1 Å². The molecule has 26 heavy (non-hydrogen) atoms. The molecule has 0 spiro atoms. The number of thioether (sulfide) groups is 1. The number of rotatable bonds is 5. The van der Waals surface area contributed by atoms with Crippen molar-refractivity contribution in [1.29, 1.82) is 0 Å². The van der Waals surface area contributed by atoms with Gasteiger partial charge in [0.2, 0.25) is 5.89 Å². The van der Waals surface area contributed by atoms with E-state index in [9.17, 15) is 4.79 Å². The lowest BCUT2D eigenvalue weighted by atomic mass is 9.49. The van der Waals surface area contributed by atoms with Crippen molar-refractivity contribution >= 4 is 28.9 Å². The lowest BCUT2D eigenvalue weighted by Gasteiger charge is -2.55. The van der Waals surface area contributed by atoms with Crippen molar-refractivity contribution in [2.45, 2.75) is 63.0 Å². The largest absolute Gasteiger partial charge is 0.415 e. The van der Waals surface area contributed by atoms with Gasteiger partial charge in [0.15, 0.2) is 5.78 Å². The Morgan fingerprint density at radius 3 is 2.42 bits per heavy atom. The first-order valence-electron chi connectivity index (χ1n) is 9.58. The van der Waals surface area contributed by atoms with Crippen LogP contribution in [0.2, 0.25) is 0 Å². The van der Waals surface area contributed by atoms with E-state index in [-0.39, 0.29) is 11.2 Å². The smallest absolute Gasteiger partial charge is 0.277 e. The molecule has 2 aromatic rings. The average Bonchev–Trinajstić information content (AvgIpc) is 3.18. The average molecular weight is 389 g/mol. The number of ketones is 1. The Morgan fingerprint density at radius 2 is 1.85 bits per heavy atom. The molecule has 0 saturated heterocycles. The number of nitrogens with zero attached hydrogens (tertiary/aromatic N) is 2. The van der Waals surface area contributed by atoms with E-state index in [1.165, 1.54) is 55.2 Å². The first kappa shape index (κ1) is 17.0. The molecule has 2 aromatic heterocycles. The molecule has 6 heteroatoms. The predicted octanol–water partition coefficient (Wildman–Crippen LogP) is 5.19. The molecule has 4 bridgehead atoms. The van der Waals surface area contributed by atoms with Crippen LogP contribution in [0.5, 0.6) is 0 Å². The van der Waals surface area contributed by atoms with Gasteiger partial charge in [-0.2, -0.15) is 0 Å². The van der Waals surface area contributed by atoms with E-state index >= 15 is 0 Å². The van der Waals surface area contributed by atoms with Crippen molar-refractivity contribution in [1.82, 2.24) is 10.2 Å². The summed E-state index contributed by atoms with van der Waals surface area (Å²) < 4.78 is 6.08. The zero-order chi connectivity index (χ0) is 17.9. The van der Waals surface area contributed by atoms with E-state index in [1.807, 2.05) is 19.9 Å². The van der Waals surface area contributed by atoms with Gasteiger partial charge in [-0.1, -0.05) is 11.8 Å². The standard InChI is InChI=1S/C20H24N2O2S2/c1-11-3-16(12(2)26-11)17(23)10-25-19-22-21-18(24-19)20-7-13-4-14(8-20)6-15(5-13)9-20/h3,13-15H,4-10H2,1-2H3. The highest BCUT2D eigenvalue weighted by Crippen LogP contribution is 2.60. The van der Waals surface area contributed by atoms with E-state index in [0.29, 0.717) is 11.0 Å². The topological polar surface area (TPSA) is 56.0 Å². The first-order chi connectivity index (χ1) is 12.5. The second-order valence-corrected chi connectivity index (χ2v) is 11.0. The molecular formula is C20H24N2O2S2. The summed E-state index contributed by atoms with van der Waals surface area (Å²) in [5.74, 6) is 3.92. The van der Waals surface area contributed by atoms with Crippen LogP contribution in [0.3, 0.4) is 0 Å². The maximum Gasteiger partial charge on any atom is 0.277 e. The van der Waals surface area contributed by atoms with Gasteiger partial charge in [0.05, 0.1) is 5.75 Å². The van der Waals surface area contributed by atoms with E-state index in [1.54, 1.807) is 11.3 Å². The number of carbonyl (C=O) groups is 1. The molecule has 2 heterocycles. The van der Waals surface area contributed by atoms with Gasteiger partial charge in [-0.25, -0.2) is 0 Å². The highest BCUT2D eigenvalue weighted by Gasteiger charge is 2.54. The van der Waals surface area contributed by atoms with Crippen LogP contribution < -0.4 is 0 Å². The van der Waals surface area contributed by atoms with Gasteiger partial charge in [-0.05, 0) is 76.2 Å². The van der Waals surface area contributed by atoms with Crippen LogP contribution in [-0.2, 0) is 5.41 Å². The number of aromatic nitrogens is 2. The van der Waals surface area contributed by atoms with E-state index < -0.39 is 0 Å². The molecule has 4 fully saturated rings. The van der Waals surface area contributed by atoms with Gasteiger partial charge in [-0.15, -0.1) is 21.5 Å². The number of carbonyl (C=O) groups excluding carboxylic acids is 1. The van der Waals surface area contributed by atoms with Crippen molar-refractivity contribution in [2.75, 3.05) is 5.75 Å². The number of thiophene rings is 1. The maximum atomic E-state index is 12.5. The summed E-state index contributed by atoms with van der Waals surface area (Å²) in [7, 11) is 0. The van der Waals surface area contributed by atoms with Crippen LogP contribution in [0.25, 0.3) is 0 Å². The molecule has 138 valence electrons. The monoisotopic (exact) mass is 388 g/mol. The third kappa shape index (κ3) is 2.85. The zero-order valence-electron chi connectivity index (χ0n) is 15.3. The third-order valence-electron chi connectivity index (χ3n) is 6.57. The van der Waals surface area contributed by atoms with Crippen molar-refractivity contribution in [2.24, 2.45) is 17.8 Å². The number of hydrogen-bond donors (Lipinski definition) is 0. The zero-order valence-corrected chi connectivity index (χ0v) is 16.9. The summed E-state index contributed by atoms with van der Waals surface area (Å²) in [4.78, 5) is 14.7. The Bertz CT molecular complexity index is 819. The third-order valence-corrected chi connectivity index (χ3v) is 8.35. The lowest BCUT2D eigenvalue weighted by Crippen LogP contribution is -2.48. The predicted molar refractivity (Wildman–Crippen MR) is 103 cm³/mol. The number of aryl methyl sites for hydroxylation is 2. The van der Waals surface area contributed by atoms with Crippen molar-refractivity contribution < 1.29 is 9.21 Å². The minimum absolute atomic E-state index is 0.131. The second kappa shape index (κ2) is 6.20. The van der Waals surface area contributed by atoms with E-state index in [4.69, 9.17) is 4.42 Å². The Labute approximate surface area is 162 Å². The molecular weight excluding hydrogens is 364 g/mol. The number of Topliss-reactive ketones (excluding diaryl/α,β-unsaturated/α-hetero) is 1. The highest BCUT2D eigenvalue weighted by atomic mass is 32.2. The molecule has 0 radical (unpaired) electrons. The molecule has 6 rings (SSSR count). The fourth-order valence-electron chi connectivity index (χ4n) is 5.97. The molecule has 0 atom stereocenters. The van der Waals surface area contributed by atoms with Crippen molar-refractivity contribution in [3.8, 4) is 0 Å². The molecule has 0 aliphatic heterocycles. The van der Waals surface area contributed by atoms with Crippen molar-refractivity contribution in [3.63, 3.8) is 0 Å². The van der Waals surface area contributed by atoms with Gasteiger partial charge >= 0.3 is 0 Å². The fraction of sp³-hybridized carbons (Fsp3) is 0.650. The summed E-state index contributed by atoms with van der Waals surface area (Å²) in [6.07, 6.45) is 7.88. The van der Waals surface area contributed by atoms with Crippen LogP contribution in [0, 0.1) is 31.6 Å². The summed E-state index contributed by atoms with van der Waals surface area (Å²) >= 11 is 3.05. The summed E-state index contributed by atoms with van der Waals surface area (Å²) in [6.45, 7) is 4.05. The minimum Gasteiger partial charge on any atom is -0.415 e. The molecule has 0 amide bonds. The van der Waals surface area contributed by atoms with Crippen LogP contribution >= 0.6 is 23.1 Å². The molecule has 4 aliphatic carbocycles. The SMILES string of the molecule is Cc1cc(C(=O)CSc2nnc(C34CC5CC(CC(C5)C3)C4)o2)c(C)s1. The van der Waals surface area contributed by atoms with Gasteiger partial charge in [0.25, 0.3) is 5.22 Å². The van der Waals surface area contributed by atoms with Gasteiger partial charge in [0, 0.05) is 20.7 Å². The van der Waals surface area contributed by atoms with E-state index in [2.05, 4.69) is 10.2 Å². The summed E-state index contributed by atoms with van der Waals surface area (Å²) in [5.41, 5.74) is 0.965. The fourth-order valence-corrected chi connectivity index (χ4v) is 7.56. The first-order valence-corrected chi connectivity index (χ1v) is 11.4. The quantitative estimate of drug-likeness (QED) is 0.521. The summed E-state index contributed by atoms with van der Waals surface area (Å²) in [6, 6.07) is 1.98. The van der Waals surface area contributed by atoms with Crippen molar-refractivity contribution in [3.05, 3.63) is 27.3 Å². The normalized spacial score (nSPS) is 32.3. The molecule has 0 aromatic carbocycles. The summed E-state index contributed by atoms with van der Waals surface area (Å²) in [5, 5.41) is 9.24. The lowest BCUT2D eigenvalue weighted by molar-refractivity contribution is -0.0191. The second-order valence-electron chi connectivity index (χ2n) is 8.61. The van der Waals surface area contributed by atoms with Crippen LogP contribution in [0.4, 0.5) is 0 Å². The van der Waals surface area contributed by atoms with Crippen LogP contribution in [0.1, 0.15) is 64.5 Å². The van der Waals surface area contributed by atoms with Crippen LogP contribution in [-0.4, -0.2) is 21.7 Å². The Kier molecular flexibility index (Phi) is 4.05. The maximum absolute atomic E-state index is 12.5. The molecule has 4 saturated carbocycles. The van der Waals surface area contributed by atoms with Gasteiger partial charge < -0.3 is 4.42 Å². The Morgan fingerprint density at radius 1 is 1.19 bits per heavy atom. The molecule has 0 N–H and O–H groups in total. The Hall–Kier alpha value is -1.14. The van der Waals surface area contributed by atoms with Crippen LogP contribution in [0.15, 0.2) is 15.7 Å². The Balaban J connectivity index is 1.29.